The molecule has 0 fully saturated rings. The predicted octanol–water partition coefficient (Wildman–Crippen LogP) is 5.47. The molecule has 0 spiro atoms. The van der Waals surface area contributed by atoms with Gasteiger partial charge in [-0.15, -0.1) is 0 Å². The van der Waals surface area contributed by atoms with Crippen molar-refractivity contribution in [3.05, 3.63) is 65.4 Å². The zero-order chi connectivity index (χ0) is 21.2. The van der Waals surface area contributed by atoms with E-state index >= 15 is 0 Å². The number of methoxy groups -OCH3 is 2. The van der Waals surface area contributed by atoms with E-state index in [1.54, 1.807) is 14.2 Å². The summed E-state index contributed by atoms with van der Waals surface area (Å²) in [5.74, 6) is 2.35. The fourth-order valence-electron chi connectivity index (χ4n) is 5.26. The smallest absolute Gasteiger partial charge is 0.162 e. The monoisotopic (exact) mass is 416 g/mol. The van der Waals surface area contributed by atoms with Crippen LogP contribution in [0.1, 0.15) is 36.1 Å². The van der Waals surface area contributed by atoms with Crippen LogP contribution in [-0.2, 0) is 12.8 Å². The number of hydrogen-bond acceptors (Lipinski definition) is 3. The SMILES string of the molecule is COc1cc2[nH]c3c(c2cc1OC)CC(CCN1CC=C(c2ccccc2)CC1)CC3. The molecule has 1 atom stereocenters. The number of hydrogen-bond donors (Lipinski definition) is 1. The van der Waals surface area contributed by atoms with Crippen molar-refractivity contribution < 1.29 is 9.47 Å². The van der Waals surface area contributed by atoms with E-state index in [0.717, 1.165) is 48.7 Å². The molecule has 3 aromatic rings. The number of nitrogens with zero attached hydrogens (tertiary/aromatic N) is 1. The van der Waals surface area contributed by atoms with Crippen LogP contribution in [0, 0.1) is 5.92 Å². The van der Waals surface area contributed by atoms with Gasteiger partial charge in [-0.3, -0.25) is 4.90 Å². The first kappa shape index (κ1) is 20.2. The third-order valence-electron chi connectivity index (χ3n) is 7.09. The molecular weight excluding hydrogens is 384 g/mol. The largest absolute Gasteiger partial charge is 0.493 e. The van der Waals surface area contributed by atoms with Crippen molar-refractivity contribution in [2.45, 2.75) is 32.1 Å². The van der Waals surface area contributed by atoms with Crippen molar-refractivity contribution in [3.63, 3.8) is 0 Å². The highest BCUT2D eigenvalue weighted by molar-refractivity contribution is 5.88. The minimum atomic E-state index is 0.749. The van der Waals surface area contributed by atoms with Gasteiger partial charge in [-0.05, 0) is 67.3 Å². The number of benzene rings is 2. The van der Waals surface area contributed by atoms with Crippen LogP contribution >= 0.6 is 0 Å². The van der Waals surface area contributed by atoms with Gasteiger partial charge in [0.05, 0.1) is 14.2 Å². The minimum absolute atomic E-state index is 0.749. The van der Waals surface area contributed by atoms with Gasteiger partial charge in [-0.25, -0.2) is 0 Å². The normalized spacial score (nSPS) is 19.2. The Morgan fingerprint density at radius 3 is 2.58 bits per heavy atom. The molecule has 1 aliphatic carbocycles. The molecule has 0 radical (unpaired) electrons. The maximum Gasteiger partial charge on any atom is 0.162 e. The molecule has 2 aromatic carbocycles. The summed E-state index contributed by atoms with van der Waals surface area (Å²) in [5, 5.41) is 1.30. The van der Waals surface area contributed by atoms with Crippen molar-refractivity contribution in [2.75, 3.05) is 33.9 Å². The molecule has 2 heterocycles. The highest BCUT2D eigenvalue weighted by atomic mass is 16.5. The molecule has 162 valence electrons. The van der Waals surface area contributed by atoms with Crippen molar-refractivity contribution in [2.24, 2.45) is 5.92 Å². The first-order valence-corrected chi connectivity index (χ1v) is 11.5. The lowest BCUT2D eigenvalue weighted by molar-refractivity contribution is 0.265. The van der Waals surface area contributed by atoms with Gasteiger partial charge in [-0.2, -0.15) is 0 Å². The molecule has 0 saturated carbocycles. The number of aromatic amines is 1. The van der Waals surface area contributed by atoms with Crippen molar-refractivity contribution in [3.8, 4) is 11.5 Å². The number of rotatable bonds is 6. The second kappa shape index (κ2) is 8.80. The van der Waals surface area contributed by atoms with Crippen LogP contribution in [0.5, 0.6) is 11.5 Å². The lowest BCUT2D eigenvalue weighted by Gasteiger charge is -2.29. The van der Waals surface area contributed by atoms with Gasteiger partial charge in [0.15, 0.2) is 11.5 Å². The average molecular weight is 417 g/mol. The molecule has 1 aliphatic heterocycles. The zero-order valence-electron chi connectivity index (χ0n) is 18.6. The van der Waals surface area contributed by atoms with E-state index in [1.807, 2.05) is 0 Å². The standard InChI is InChI=1S/C27H32N2O2/c1-30-26-17-23-22-16-19(8-9-24(22)28-25(23)18-27(26)31-2)10-13-29-14-11-21(12-15-29)20-6-4-3-5-7-20/h3-7,11,17-19,28H,8-10,12-16H2,1-2H3. The number of aryl methyl sites for hydroxylation is 1. The molecule has 0 amide bonds. The van der Waals surface area contributed by atoms with Crippen molar-refractivity contribution >= 4 is 16.5 Å². The van der Waals surface area contributed by atoms with Gasteiger partial charge in [0.25, 0.3) is 0 Å². The molecule has 5 rings (SSSR count). The van der Waals surface area contributed by atoms with Gasteiger partial charge >= 0.3 is 0 Å². The Labute approximate surface area is 184 Å². The zero-order valence-corrected chi connectivity index (χ0v) is 18.6. The van der Waals surface area contributed by atoms with Crippen LogP contribution in [0.15, 0.2) is 48.5 Å². The van der Waals surface area contributed by atoms with Gasteiger partial charge < -0.3 is 14.5 Å². The number of ether oxygens (including phenoxy) is 2. The third kappa shape index (κ3) is 4.09. The fourth-order valence-corrected chi connectivity index (χ4v) is 5.26. The molecule has 0 saturated heterocycles. The number of H-pyrrole nitrogens is 1. The van der Waals surface area contributed by atoms with Crippen molar-refractivity contribution in [1.82, 2.24) is 9.88 Å². The lowest BCUT2D eigenvalue weighted by Crippen LogP contribution is -2.31. The molecule has 0 bridgehead atoms. The molecular formula is C27H32N2O2. The van der Waals surface area contributed by atoms with E-state index in [2.05, 4.69) is 58.4 Å². The van der Waals surface area contributed by atoms with Crippen LogP contribution in [-0.4, -0.2) is 43.7 Å². The van der Waals surface area contributed by atoms with Gasteiger partial charge in [0, 0.05) is 35.8 Å². The Morgan fingerprint density at radius 2 is 1.84 bits per heavy atom. The Kier molecular flexibility index (Phi) is 5.73. The topological polar surface area (TPSA) is 37.5 Å². The Morgan fingerprint density at radius 1 is 1.03 bits per heavy atom. The summed E-state index contributed by atoms with van der Waals surface area (Å²) in [4.78, 5) is 6.25. The van der Waals surface area contributed by atoms with Crippen LogP contribution in [0.3, 0.4) is 0 Å². The van der Waals surface area contributed by atoms with E-state index in [-0.39, 0.29) is 0 Å². The summed E-state index contributed by atoms with van der Waals surface area (Å²) < 4.78 is 11.0. The fraction of sp³-hybridized carbons (Fsp3) is 0.407. The van der Waals surface area contributed by atoms with E-state index in [1.165, 1.54) is 53.7 Å². The summed E-state index contributed by atoms with van der Waals surface area (Å²) in [6.45, 7) is 3.44. The number of aromatic nitrogens is 1. The van der Waals surface area contributed by atoms with Gasteiger partial charge in [0.2, 0.25) is 0 Å². The summed E-state index contributed by atoms with van der Waals surface area (Å²) in [6.07, 6.45) is 8.42. The molecule has 31 heavy (non-hydrogen) atoms. The summed E-state index contributed by atoms with van der Waals surface area (Å²) >= 11 is 0. The maximum absolute atomic E-state index is 5.55. The molecule has 4 nitrogen and oxygen atoms in total. The van der Waals surface area contributed by atoms with E-state index in [0.29, 0.717) is 0 Å². The summed E-state index contributed by atoms with van der Waals surface area (Å²) in [7, 11) is 3.41. The Bertz CT molecular complexity index is 1080. The van der Waals surface area contributed by atoms with Crippen LogP contribution < -0.4 is 9.47 Å². The van der Waals surface area contributed by atoms with Gasteiger partial charge in [0.1, 0.15) is 0 Å². The van der Waals surface area contributed by atoms with Gasteiger partial charge in [-0.1, -0.05) is 36.4 Å². The quantitative estimate of drug-likeness (QED) is 0.579. The molecule has 1 unspecified atom stereocenters. The van der Waals surface area contributed by atoms with Crippen LogP contribution in [0.4, 0.5) is 0 Å². The average Bonchev–Trinajstić information content (AvgIpc) is 3.19. The lowest BCUT2D eigenvalue weighted by atomic mass is 9.84. The Hall–Kier alpha value is -2.72. The minimum Gasteiger partial charge on any atom is -0.493 e. The molecule has 2 aliphatic rings. The van der Waals surface area contributed by atoms with Crippen LogP contribution in [0.25, 0.3) is 16.5 Å². The molecule has 1 aromatic heterocycles. The molecule has 4 heteroatoms. The second-order valence-corrected chi connectivity index (χ2v) is 8.88. The highest BCUT2D eigenvalue weighted by Gasteiger charge is 2.24. The Balaban J connectivity index is 1.23. The third-order valence-corrected chi connectivity index (χ3v) is 7.09. The predicted molar refractivity (Wildman–Crippen MR) is 127 cm³/mol. The first-order chi connectivity index (χ1) is 15.2. The summed E-state index contributed by atoms with van der Waals surface area (Å²) in [5.41, 5.74) is 6.93. The number of nitrogens with one attached hydrogen (secondary N) is 1. The number of fused-ring (bicyclic) bond motifs is 3. The second-order valence-electron chi connectivity index (χ2n) is 8.88. The van der Waals surface area contributed by atoms with E-state index in [4.69, 9.17) is 9.47 Å². The van der Waals surface area contributed by atoms with E-state index in [9.17, 15) is 0 Å². The first-order valence-electron chi connectivity index (χ1n) is 11.5. The van der Waals surface area contributed by atoms with Crippen LogP contribution in [0.2, 0.25) is 0 Å². The summed E-state index contributed by atoms with van der Waals surface area (Å²) in [6, 6.07) is 15.0. The maximum atomic E-state index is 5.55. The van der Waals surface area contributed by atoms with E-state index < -0.39 is 0 Å². The van der Waals surface area contributed by atoms with Crippen molar-refractivity contribution in [1.29, 1.82) is 0 Å². The highest BCUT2D eigenvalue weighted by Crippen LogP contribution is 2.38. The molecule has 1 N–H and O–H groups in total.